The number of carbonyl (C=O) groups excluding carboxylic acids is 1. The first-order chi connectivity index (χ1) is 9.69. The Morgan fingerprint density at radius 2 is 2.15 bits per heavy atom. The summed E-state index contributed by atoms with van der Waals surface area (Å²) in [7, 11) is 0. The van der Waals surface area contributed by atoms with Crippen molar-refractivity contribution in [1.29, 1.82) is 0 Å². The summed E-state index contributed by atoms with van der Waals surface area (Å²) in [5.41, 5.74) is 1.86. The molecule has 0 atom stereocenters. The number of hydrogen-bond acceptors (Lipinski definition) is 3. The molecule has 1 amide bonds. The van der Waals surface area contributed by atoms with Gasteiger partial charge in [0.05, 0.1) is 12.2 Å². The second-order valence-corrected chi connectivity index (χ2v) is 4.49. The topological polar surface area (TPSA) is 56.2 Å². The largest absolute Gasteiger partial charge is 0.484 e. The number of nitrogens with zero attached hydrogens (tertiary/aromatic N) is 2. The van der Waals surface area contributed by atoms with Crippen LogP contribution in [0.3, 0.4) is 0 Å². The molecule has 0 aliphatic rings. The predicted molar refractivity (Wildman–Crippen MR) is 76.4 cm³/mol. The van der Waals surface area contributed by atoms with E-state index in [1.165, 1.54) is 0 Å². The minimum absolute atomic E-state index is 0.0132. The summed E-state index contributed by atoms with van der Waals surface area (Å²) in [4.78, 5) is 11.7. The maximum Gasteiger partial charge on any atom is 0.258 e. The first kappa shape index (κ1) is 14.1. The fourth-order valence-corrected chi connectivity index (χ4v) is 1.78. The molecular formula is C15H19N3O2. The van der Waals surface area contributed by atoms with Gasteiger partial charge >= 0.3 is 0 Å². The average molecular weight is 273 g/mol. The average Bonchev–Trinajstić information content (AvgIpc) is 2.92. The fourth-order valence-electron chi connectivity index (χ4n) is 1.78. The lowest BCUT2D eigenvalue weighted by Crippen LogP contribution is -2.28. The van der Waals surface area contributed by atoms with Crippen molar-refractivity contribution in [2.75, 3.05) is 6.61 Å². The molecule has 5 nitrogen and oxygen atoms in total. The standard InChI is InChI=1S/C15H19N3O2/c1-3-18-9-8-13(17-18)10-16-15(19)11-20-14-7-5-4-6-12(14)2/h4-9H,3,10-11H2,1-2H3,(H,16,19). The molecule has 2 rings (SSSR count). The monoisotopic (exact) mass is 273 g/mol. The van der Waals surface area contributed by atoms with Crippen LogP contribution in [0.2, 0.25) is 0 Å². The van der Waals surface area contributed by atoms with Crippen LogP contribution >= 0.6 is 0 Å². The van der Waals surface area contributed by atoms with Crippen LogP contribution in [0.5, 0.6) is 5.75 Å². The van der Waals surface area contributed by atoms with E-state index in [-0.39, 0.29) is 12.5 Å². The van der Waals surface area contributed by atoms with Gasteiger partial charge in [0.1, 0.15) is 5.75 Å². The van der Waals surface area contributed by atoms with Crippen molar-refractivity contribution >= 4 is 5.91 Å². The third-order valence-corrected chi connectivity index (χ3v) is 2.94. The summed E-state index contributed by atoms with van der Waals surface area (Å²) in [6, 6.07) is 9.52. The molecule has 1 N–H and O–H groups in total. The molecule has 5 heteroatoms. The van der Waals surface area contributed by atoms with Crippen molar-refractivity contribution < 1.29 is 9.53 Å². The second kappa shape index (κ2) is 6.75. The van der Waals surface area contributed by atoms with Crippen molar-refractivity contribution in [3.05, 3.63) is 47.8 Å². The molecule has 1 heterocycles. The molecule has 0 unspecified atom stereocenters. The van der Waals surface area contributed by atoms with E-state index in [1.54, 1.807) is 0 Å². The van der Waals surface area contributed by atoms with Gasteiger partial charge in [0, 0.05) is 12.7 Å². The molecule has 0 fully saturated rings. The third-order valence-electron chi connectivity index (χ3n) is 2.94. The molecule has 0 saturated carbocycles. The Morgan fingerprint density at radius 1 is 1.35 bits per heavy atom. The maximum atomic E-state index is 11.7. The Balaban J connectivity index is 1.77. The summed E-state index contributed by atoms with van der Waals surface area (Å²) >= 11 is 0. The van der Waals surface area contributed by atoms with Gasteiger partial charge in [-0.3, -0.25) is 9.48 Å². The van der Waals surface area contributed by atoms with Crippen molar-refractivity contribution in [2.24, 2.45) is 0 Å². The van der Waals surface area contributed by atoms with Crippen molar-refractivity contribution in [3.63, 3.8) is 0 Å². The third kappa shape index (κ3) is 3.85. The van der Waals surface area contributed by atoms with Crippen LogP contribution in [0.15, 0.2) is 36.5 Å². The molecule has 0 aliphatic heterocycles. The highest BCUT2D eigenvalue weighted by Gasteiger charge is 2.05. The van der Waals surface area contributed by atoms with E-state index in [1.807, 2.05) is 55.1 Å². The number of nitrogens with one attached hydrogen (secondary N) is 1. The van der Waals surface area contributed by atoms with Gasteiger partial charge < -0.3 is 10.1 Å². The quantitative estimate of drug-likeness (QED) is 0.874. The smallest absolute Gasteiger partial charge is 0.258 e. The van der Waals surface area contributed by atoms with E-state index in [0.717, 1.165) is 23.6 Å². The van der Waals surface area contributed by atoms with Crippen LogP contribution in [0.4, 0.5) is 0 Å². The maximum absolute atomic E-state index is 11.7. The summed E-state index contributed by atoms with van der Waals surface area (Å²) in [6.45, 7) is 5.22. The number of rotatable bonds is 6. The zero-order valence-corrected chi connectivity index (χ0v) is 11.8. The minimum Gasteiger partial charge on any atom is -0.484 e. The lowest BCUT2D eigenvalue weighted by atomic mass is 10.2. The van der Waals surface area contributed by atoms with Crippen LogP contribution in [-0.2, 0) is 17.9 Å². The molecule has 0 bridgehead atoms. The van der Waals surface area contributed by atoms with Crippen LogP contribution in [-0.4, -0.2) is 22.3 Å². The van der Waals surface area contributed by atoms with E-state index in [4.69, 9.17) is 4.74 Å². The van der Waals surface area contributed by atoms with Gasteiger partial charge in [0.15, 0.2) is 6.61 Å². The van der Waals surface area contributed by atoms with Gasteiger partial charge in [0.2, 0.25) is 0 Å². The molecule has 20 heavy (non-hydrogen) atoms. The van der Waals surface area contributed by atoms with E-state index in [9.17, 15) is 4.79 Å². The molecule has 0 saturated heterocycles. The first-order valence-electron chi connectivity index (χ1n) is 6.66. The van der Waals surface area contributed by atoms with Gasteiger partial charge in [-0.15, -0.1) is 0 Å². The Bertz CT molecular complexity index is 578. The summed E-state index contributed by atoms with van der Waals surface area (Å²) in [5, 5.41) is 7.08. The highest BCUT2D eigenvalue weighted by Crippen LogP contribution is 2.15. The Kier molecular flexibility index (Phi) is 4.76. The van der Waals surface area contributed by atoms with E-state index in [2.05, 4.69) is 10.4 Å². The van der Waals surface area contributed by atoms with Gasteiger partial charge in [-0.2, -0.15) is 5.10 Å². The first-order valence-corrected chi connectivity index (χ1v) is 6.66. The van der Waals surface area contributed by atoms with Crippen molar-refractivity contribution in [2.45, 2.75) is 26.9 Å². The van der Waals surface area contributed by atoms with Gasteiger partial charge in [0.25, 0.3) is 5.91 Å². The Morgan fingerprint density at radius 3 is 2.85 bits per heavy atom. The number of para-hydroxylation sites is 1. The Labute approximate surface area is 118 Å². The number of carbonyl (C=O) groups is 1. The normalized spacial score (nSPS) is 10.3. The number of aryl methyl sites for hydroxylation is 2. The molecule has 0 aliphatic carbocycles. The lowest BCUT2D eigenvalue weighted by molar-refractivity contribution is -0.123. The van der Waals surface area contributed by atoms with Crippen LogP contribution in [0, 0.1) is 6.92 Å². The van der Waals surface area contributed by atoms with Gasteiger partial charge in [-0.05, 0) is 31.5 Å². The van der Waals surface area contributed by atoms with Crippen molar-refractivity contribution in [1.82, 2.24) is 15.1 Å². The zero-order valence-electron chi connectivity index (χ0n) is 11.8. The number of hydrogen-bond donors (Lipinski definition) is 1. The molecular weight excluding hydrogens is 254 g/mol. The highest BCUT2D eigenvalue weighted by atomic mass is 16.5. The Hall–Kier alpha value is -2.30. The molecule has 0 spiro atoms. The van der Waals surface area contributed by atoms with Crippen LogP contribution in [0.1, 0.15) is 18.2 Å². The van der Waals surface area contributed by atoms with E-state index >= 15 is 0 Å². The molecule has 2 aromatic rings. The highest BCUT2D eigenvalue weighted by molar-refractivity contribution is 5.77. The van der Waals surface area contributed by atoms with Crippen molar-refractivity contribution in [3.8, 4) is 5.75 Å². The number of benzene rings is 1. The van der Waals surface area contributed by atoms with E-state index in [0.29, 0.717) is 6.54 Å². The SMILES string of the molecule is CCn1ccc(CNC(=O)COc2ccccc2C)n1. The number of aromatic nitrogens is 2. The molecule has 1 aromatic heterocycles. The summed E-state index contributed by atoms with van der Waals surface area (Å²) < 4.78 is 7.30. The predicted octanol–water partition coefficient (Wildman–Crippen LogP) is 1.91. The van der Waals surface area contributed by atoms with Gasteiger partial charge in [-0.25, -0.2) is 0 Å². The molecule has 1 aromatic carbocycles. The van der Waals surface area contributed by atoms with Crippen LogP contribution in [0.25, 0.3) is 0 Å². The second-order valence-electron chi connectivity index (χ2n) is 4.49. The van der Waals surface area contributed by atoms with Gasteiger partial charge in [-0.1, -0.05) is 18.2 Å². The molecule has 106 valence electrons. The summed E-state index contributed by atoms with van der Waals surface area (Å²) in [6.07, 6.45) is 1.89. The lowest BCUT2D eigenvalue weighted by Gasteiger charge is -2.08. The molecule has 0 radical (unpaired) electrons. The minimum atomic E-state index is -0.153. The zero-order chi connectivity index (χ0) is 14.4. The number of ether oxygens (including phenoxy) is 1. The summed E-state index contributed by atoms with van der Waals surface area (Å²) in [5.74, 6) is 0.581. The number of amides is 1. The van der Waals surface area contributed by atoms with E-state index < -0.39 is 0 Å². The fraction of sp³-hybridized carbons (Fsp3) is 0.333. The van der Waals surface area contributed by atoms with Crippen LogP contribution < -0.4 is 10.1 Å².